The van der Waals surface area contributed by atoms with Crippen LogP contribution in [0.1, 0.15) is 17.2 Å². The predicted molar refractivity (Wildman–Crippen MR) is 126 cm³/mol. The fourth-order valence-corrected chi connectivity index (χ4v) is 6.47. The summed E-state index contributed by atoms with van der Waals surface area (Å²) in [4.78, 5) is 6.62. The molecule has 1 aromatic heterocycles. The second kappa shape index (κ2) is 9.53. The van der Waals surface area contributed by atoms with E-state index in [-0.39, 0.29) is 6.54 Å². The van der Waals surface area contributed by atoms with Crippen LogP contribution >= 0.6 is 11.3 Å². The third-order valence-electron chi connectivity index (χ3n) is 5.38. The molecule has 1 aliphatic heterocycles. The Bertz CT molecular complexity index is 1230. The fourth-order valence-electron chi connectivity index (χ4n) is 3.75. The average molecular weight is 466 g/mol. The Hall–Kier alpha value is -3.19. The van der Waals surface area contributed by atoms with Gasteiger partial charge in [-0.15, -0.1) is 11.3 Å². The Labute approximate surface area is 192 Å². The molecule has 0 bridgehead atoms. The molecule has 0 amide bonds. The lowest BCUT2D eigenvalue weighted by atomic mass is 10.0. The number of rotatable bonds is 4. The Morgan fingerprint density at radius 3 is 2.53 bits per heavy atom. The summed E-state index contributed by atoms with van der Waals surface area (Å²) in [6.07, 6.45) is 1.97. The second-order valence-corrected chi connectivity index (χ2v) is 10.4. The number of nitriles is 1. The summed E-state index contributed by atoms with van der Waals surface area (Å²) in [5, 5.41) is 13.8. The summed E-state index contributed by atoms with van der Waals surface area (Å²) >= 11 is 1.22. The largest absolute Gasteiger partial charge is 0.339 e. The molecule has 1 fully saturated rings. The quantitative estimate of drug-likeness (QED) is 0.274. The summed E-state index contributed by atoms with van der Waals surface area (Å²) in [5.74, 6) is 0.413. The van der Waals surface area contributed by atoms with Crippen LogP contribution in [0.2, 0.25) is 0 Å². The van der Waals surface area contributed by atoms with Crippen molar-refractivity contribution in [1.29, 1.82) is 5.26 Å². The number of guanidine groups is 1. The zero-order valence-corrected chi connectivity index (χ0v) is 19.2. The van der Waals surface area contributed by atoms with Gasteiger partial charge >= 0.3 is 0 Å². The predicted octanol–water partition coefficient (Wildman–Crippen LogP) is 3.86. The number of nitrogens with one attached hydrogen (secondary N) is 1. The Balaban J connectivity index is 1.71. The maximum absolute atomic E-state index is 13.4. The van der Waals surface area contributed by atoms with Gasteiger partial charge in [0.2, 0.25) is 5.96 Å². The van der Waals surface area contributed by atoms with E-state index in [4.69, 9.17) is 0 Å². The van der Waals surface area contributed by atoms with Crippen LogP contribution in [-0.2, 0) is 10.0 Å². The van der Waals surface area contributed by atoms with Crippen molar-refractivity contribution in [3.63, 3.8) is 0 Å². The summed E-state index contributed by atoms with van der Waals surface area (Å²) in [7, 11) is -3.64. The highest BCUT2D eigenvalue weighted by molar-refractivity contribution is 7.91. The van der Waals surface area contributed by atoms with Gasteiger partial charge in [0.25, 0.3) is 10.0 Å². The molecular formula is C23H23N5O2S2. The summed E-state index contributed by atoms with van der Waals surface area (Å²) in [5.41, 5.74) is 2.64. The molecule has 0 aliphatic carbocycles. The molecule has 4 rings (SSSR count). The molecule has 1 saturated heterocycles. The van der Waals surface area contributed by atoms with Crippen LogP contribution in [0.3, 0.4) is 0 Å². The van der Waals surface area contributed by atoms with E-state index in [1.807, 2.05) is 72.6 Å². The van der Waals surface area contributed by atoms with Crippen molar-refractivity contribution in [2.75, 3.05) is 19.6 Å². The number of aliphatic imine (C=N–C) groups is 1. The third kappa shape index (κ3) is 4.53. The van der Waals surface area contributed by atoms with E-state index in [1.165, 1.54) is 11.3 Å². The molecule has 0 radical (unpaired) electrons. The van der Waals surface area contributed by atoms with Gasteiger partial charge in [0, 0.05) is 19.6 Å². The third-order valence-corrected chi connectivity index (χ3v) is 8.66. The molecule has 164 valence electrons. The van der Waals surface area contributed by atoms with Crippen molar-refractivity contribution < 1.29 is 8.42 Å². The van der Waals surface area contributed by atoms with E-state index in [2.05, 4.69) is 10.3 Å². The number of nitrogens with zero attached hydrogens (tertiary/aromatic N) is 4. The standard InChI is InChI=1S/C23H23N5O2S2/c1-18-8-5-6-11-20(18)26-23(25-17-24)27-13-14-28(32(29,30)22-12-7-15-31-22)21(16-27)19-9-3-2-4-10-19/h2-12,15,21H,13-14,16H2,1H3,(H,25,26). The monoisotopic (exact) mass is 465 g/mol. The summed E-state index contributed by atoms with van der Waals surface area (Å²) < 4.78 is 28.7. The van der Waals surface area contributed by atoms with E-state index >= 15 is 0 Å². The van der Waals surface area contributed by atoms with Gasteiger partial charge in [-0.2, -0.15) is 9.57 Å². The normalized spacial score (nSPS) is 17.7. The molecule has 2 aromatic carbocycles. The maximum Gasteiger partial charge on any atom is 0.253 e. The topological polar surface area (TPSA) is 88.8 Å². The number of hydrogen-bond donors (Lipinski definition) is 1. The molecule has 0 saturated carbocycles. The molecule has 1 unspecified atom stereocenters. The van der Waals surface area contributed by atoms with Crippen molar-refractivity contribution in [2.24, 2.45) is 4.99 Å². The van der Waals surface area contributed by atoms with E-state index in [9.17, 15) is 13.7 Å². The minimum absolute atomic E-state index is 0.277. The summed E-state index contributed by atoms with van der Waals surface area (Å²) in [6.45, 7) is 3.02. The zero-order valence-electron chi connectivity index (χ0n) is 17.5. The van der Waals surface area contributed by atoms with Gasteiger partial charge in [-0.05, 0) is 35.6 Å². The van der Waals surface area contributed by atoms with Crippen molar-refractivity contribution in [2.45, 2.75) is 17.2 Å². The van der Waals surface area contributed by atoms with Crippen molar-refractivity contribution in [3.8, 4) is 6.19 Å². The van der Waals surface area contributed by atoms with Gasteiger partial charge in [-0.25, -0.2) is 13.4 Å². The van der Waals surface area contributed by atoms with Crippen LogP contribution in [0, 0.1) is 18.4 Å². The van der Waals surface area contributed by atoms with Crippen LogP contribution in [0.15, 0.2) is 81.3 Å². The number of sulfonamides is 1. The van der Waals surface area contributed by atoms with Gasteiger partial charge in [0.1, 0.15) is 4.21 Å². The smallest absolute Gasteiger partial charge is 0.253 e. The first-order chi connectivity index (χ1) is 15.5. The highest BCUT2D eigenvalue weighted by atomic mass is 32.2. The second-order valence-electron chi connectivity index (χ2n) is 7.38. The molecular weight excluding hydrogens is 442 g/mol. The van der Waals surface area contributed by atoms with Gasteiger partial charge in [0.05, 0.1) is 11.7 Å². The van der Waals surface area contributed by atoms with Crippen LogP contribution in [-0.4, -0.2) is 43.2 Å². The molecule has 1 N–H and O–H groups in total. The molecule has 2 heterocycles. The van der Waals surface area contributed by atoms with Gasteiger partial charge < -0.3 is 4.90 Å². The van der Waals surface area contributed by atoms with E-state index in [1.54, 1.807) is 21.8 Å². The Morgan fingerprint density at radius 1 is 1.09 bits per heavy atom. The maximum atomic E-state index is 13.4. The Kier molecular flexibility index (Phi) is 6.55. The van der Waals surface area contributed by atoms with E-state index < -0.39 is 16.1 Å². The highest BCUT2D eigenvalue weighted by Gasteiger charge is 2.38. The number of hydrogen-bond acceptors (Lipinski definition) is 5. The average Bonchev–Trinajstić information content (AvgIpc) is 3.36. The van der Waals surface area contributed by atoms with Crippen LogP contribution in [0.25, 0.3) is 0 Å². The Morgan fingerprint density at radius 2 is 1.84 bits per heavy atom. The van der Waals surface area contributed by atoms with Gasteiger partial charge in [-0.1, -0.05) is 54.6 Å². The number of para-hydroxylation sites is 1. The number of thiophene rings is 1. The first-order valence-corrected chi connectivity index (χ1v) is 12.5. The van der Waals surface area contributed by atoms with Crippen LogP contribution in [0.5, 0.6) is 0 Å². The molecule has 1 aliphatic rings. The van der Waals surface area contributed by atoms with Crippen LogP contribution in [0.4, 0.5) is 5.69 Å². The zero-order chi connectivity index (χ0) is 22.6. The molecule has 7 nitrogen and oxygen atoms in total. The van der Waals surface area contributed by atoms with Crippen molar-refractivity contribution in [3.05, 3.63) is 83.2 Å². The first kappa shape index (κ1) is 22.0. The number of aryl methyl sites for hydroxylation is 1. The molecule has 32 heavy (non-hydrogen) atoms. The SMILES string of the molecule is Cc1ccccc1N=C(NC#N)N1CCN(S(=O)(=O)c2cccs2)C(c2ccccc2)C1. The number of piperazine rings is 1. The summed E-state index contributed by atoms with van der Waals surface area (Å²) in [6, 6.07) is 20.2. The van der Waals surface area contributed by atoms with Crippen molar-refractivity contribution in [1.82, 2.24) is 14.5 Å². The fraction of sp³-hybridized carbons (Fsp3) is 0.217. The van der Waals surface area contributed by atoms with Gasteiger partial charge in [0.15, 0.2) is 6.19 Å². The highest BCUT2D eigenvalue weighted by Crippen LogP contribution is 2.33. The van der Waals surface area contributed by atoms with Crippen molar-refractivity contribution >= 4 is 33.0 Å². The lowest BCUT2D eigenvalue weighted by Gasteiger charge is -2.41. The van der Waals surface area contributed by atoms with Gasteiger partial charge in [-0.3, -0.25) is 5.32 Å². The molecule has 9 heteroatoms. The molecule has 0 spiro atoms. The lowest BCUT2D eigenvalue weighted by Crippen LogP contribution is -2.54. The van der Waals surface area contributed by atoms with E-state index in [0.717, 1.165) is 16.8 Å². The number of benzene rings is 2. The first-order valence-electron chi connectivity index (χ1n) is 10.2. The minimum atomic E-state index is -3.64. The molecule has 3 aromatic rings. The minimum Gasteiger partial charge on any atom is -0.339 e. The van der Waals surface area contributed by atoms with E-state index in [0.29, 0.717) is 23.3 Å². The lowest BCUT2D eigenvalue weighted by molar-refractivity contribution is 0.192. The molecule has 1 atom stereocenters. The van der Waals surface area contributed by atoms with Crippen LogP contribution < -0.4 is 5.32 Å².